The van der Waals surface area contributed by atoms with Crippen LogP contribution in [-0.4, -0.2) is 10.3 Å². The number of rotatable bonds is 2. The number of alkyl halides is 1. The maximum absolute atomic E-state index is 4.08. The van der Waals surface area contributed by atoms with Gasteiger partial charge in [0.15, 0.2) is 0 Å². The monoisotopic (exact) mass is 203 g/mol. The molecule has 3 heteroatoms. The Morgan fingerprint density at radius 3 is 3.11 bits per heavy atom. The van der Waals surface area contributed by atoms with Crippen LogP contribution in [0, 0.1) is 0 Å². The molecule has 0 atom stereocenters. The number of nitrogens with zero attached hydrogens (tertiary/aromatic N) is 1. The summed E-state index contributed by atoms with van der Waals surface area (Å²) in [5.41, 5.74) is 1.05. The Labute approximate surface area is 66.6 Å². The molecule has 1 aromatic rings. The molecule has 0 saturated heterocycles. The maximum atomic E-state index is 4.08. The molecular weight excluding hydrogens is 198 g/mol. The quantitative estimate of drug-likeness (QED) is 0.674. The fourth-order valence-corrected chi connectivity index (χ4v) is 1.52. The number of allylic oxidation sites excluding steroid dienone is 1. The molecule has 0 radical (unpaired) electrons. The van der Waals surface area contributed by atoms with Crippen LogP contribution in [0.4, 0.5) is 0 Å². The van der Waals surface area contributed by atoms with E-state index in [9.17, 15) is 0 Å². The molecule has 0 aliphatic rings. The molecule has 0 amide bonds. The zero-order valence-electron chi connectivity index (χ0n) is 4.80. The number of aromatic nitrogens is 1. The summed E-state index contributed by atoms with van der Waals surface area (Å²) in [5, 5.41) is 3.77. The van der Waals surface area contributed by atoms with Gasteiger partial charge in [-0.3, -0.25) is 0 Å². The molecule has 0 fully saturated rings. The van der Waals surface area contributed by atoms with E-state index in [4.69, 9.17) is 0 Å². The van der Waals surface area contributed by atoms with Crippen molar-refractivity contribution in [2.24, 2.45) is 0 Å². The second-order valence-corrected chi connectivity index (χ2v) is 3.03. The topological polar surface area (TPSA) is 12.9 Å². The molecule has 0 bridgehead atoms. The van der Waals surface area contributed by atoms with E-state index >= 15 is 0 Å². The Morgan fingerprint density at radius 1 is 1.89 bits per heavy atom. The van der Waals surface area contributed by atoms with Crippen molar-refractivity contribution in [2.45, 2.75) is 0 Å². The van der Waals surface area contributed by atoms with Crippen LogP contribution in [0.25, 0.3) is 5.57 Å². The van der Waals surface area contributed by atoms with Crippen LogP contribution in [-0.2, 0) is 0 Å². The lowest BCUT2D eigenvalue weighted by molar-refractivity contribution is 1.37. The third kappa shape index (κ3) is 1.63. The van der Waals surface area contributed by atoms with E-state index in [1.165, 1.54) is 0 Å². The summed E-state index contributed by atoms with van der Waals surface area (Å²) in [7, 11) is 0. The predicted octanol–water partition coefficient (Wildman–Crippen LogP) is 2.55. The van der Waals surface area contributed by atoms with Crippen LogP contribution in [0.15, 0.2) is 18.2 Å². The van der Waals surface area contributed by atoms with Crippen molar-refractivity contribution in [3.8, 4) is 0 Å². The Hall–Kier alpha value is -0.150. The molecule has 0 aliphatic carbocycles. The van der Waals surface area contributed by atoms with Crippen molar-refractivity contribution < 1.29 is 0 Å². The molecule has 1 heterocycles. The highest BCUT2D eigenvalue weighted by atomic mass is 79.9. The van der Waals surface area contributed by atoms with Gasteiger partial charge in [0.1, 0.15) is 5.01 Å². The number of thiazole rings is 1. The fraction of sp³-hybridized carbons (Fsp3) is 0.167. The van der Waals surface area contributed by atoms with E-state index in [1.54, 1.807) is 17.5 Å². The summed E-state index contributed by atoms with van der Waals surface area (Å²) in [6.45, 7) is 3.82. The second kappa shape index (κ2) is 3.13. The molecular formula is C6H6BrNS. The Morgan fingerprint density at radius 2 is 2.67 bits per heavy atom. The van der Waals surface area contributed by atoms with Crippen LogP contribution in [0.5, 0.6) is 0 Å². The normalized spacial score (nSPS) is 9.44. The lowest BCUT2D eigenvalue weighted by Crippen LogP contribution is -1.78. The first-order valence-corrected chi connectivity index (χ1v) is 4.48. The second-order valence-electron chi connectivity index (χ2n) is 1.57. The van der Waals surface area contributed by atoms with Gasteiger partial charge in [0.05, 0.1) is 0 Å². The van der Waals surface area contributed by atoms with Gasteiger partial charge < -0.3 is 0 Å². The summed E-state index contributed by atoms with van der Waals surface area (Å²) >= 11 is 4.92. The Bertz CT molecular complexity index is 193. The van der Waals surface area contributed by atoms with Crippen LogP contribution in [0.1, 0.15) is 5.01 Å². The van der Waals surface area contributed by atoms with Crippen molar-refractivity contribution in [2.75, 3.05) is 5.33 Å². The first-order valence-electron chi connectivity index (χ1n) is 2.48. The van der Waals surface area contributed by atoms with Crippen molar-refractivity contribution in [1.82, 2.24) is 4.98 Å². The molecule has 1 aromatic heterocycles. The average molecular weight is 204 g/mol. The van der Waals surface area contributed by atoms with E-state index in [0.29, 0.717) is 0 Å². The highest BCUT2D eigenvalue weighted by Gasteiger charge is 1.96. The Balaban J connectivity index is 2.77. The maximum Gasteiger partial charge on any atom is 0.119 e. The minimum atomic E-state index is 0.806. The van der Waals surface area contributed by atoms with Crippen molar-refractivity contribution >= 4 is 32.8 Å². The largest absolute Gasteiger partial charge is 0.245 e. The van der Waals surface area contributed by atoms with Gasteiger partial charge in [-0.05, 0) is 5.57 Å². The fourth-order valence-electron chi connectivity index (χ4n) is 0.455. The molecule has 0 unspecified atom stereocenters. The zero-order valence-corrected chi connectivity index (χ0v) is 7.20. The minimum Gasteiger partial charge on any atom is -0.245 e. The molecule has 0 aliphatic heterocycles. The number of hydrogen-bond donors (Lipinski definition) is 0. The van der Waals surface area contributed by atoms with E-state index in [-0.39, 0.29) is 0 Å². The van der Waals surface area contributed by atoms with Gasteiger partial charge in [-0.2, -0.15) is 0 Å². The average Bonchev–Trinajstić information content (AvgIpc) is 2.37. The predicted molar refractivity (Wildman–Crippen MR) is 44.9 cm³/mol. The van der Waals surface area contributed by atoms with Gasteiger partial charge in [-0.1, -0.05) is 22.5 Å². The van der Waals surface area contributed by atoms with E-state index in [0.717, 1.165) is 15.9 Å². The lowest BCUT2D eigenvalue weighted by atomic mass is 10.4. The minimum absolute atomic E-state index is 0.806. The third-order valence-electron chi connectivity index (χ3n) is 0.896. The highest BCUT2D eigenvalue weighted by Crippen LogP contribution is 2.16. The van der Waals surface area contributed by atoms with E-state index in [2.05, 4.69) is 27.5 Å². The standard InChI is InChI=1S/C6H6BrNS/c1-5(4-7)6-8-2-3-9-6/h2-3H,1,4H2. The van der Waals surface area contributed by atoms with Gasteiger partial charge in [0, 0.05) is 16.9 Å². The smallest absolute Gasteiger partial charge is 0.119 e. The Kier molecular flexibility index (Phi) is 2.42. The van der Waals surface area contributed by atoms with E-state index in [1.807, 2.05) is 5.38 Å². The zero-order chi connectivity index (χ0) is 6.69. The first-order chi connectivity index (χ1) is 4.34. The molecule has 0 saturated carbocycles. The van der Waals surface area contributed by atoms with Crippen LogP contribution >= 0.6 is 27.3 Å². The molecule has 9 heavy (non-hydrogen) atoms. The van der Waals surface area contributed by atoms with Crippen LogP contribution in [0.2, 0.25) is 0 Å². The molecule has 0 spiro atoms. The summed E-state index contributed by atoms with van der Waals surface area (Å²) in [4.78, 5) is 4.08. The number of hydrogen-bond acceptors (Lipinski definition) is 2. The number of halogens is 1. The van der Waals surface area contributed by atoms with Crippen molar-refractivity contribution in [3.05, 3.63) is 23.2 Å². The third-order valence-corrected chi connectivity index (χ3v) is 2.45. The summed E-state index contributed by atoms with van der Waals surface area (Å²) in [5.74, 6) is 0. The summed E-state index contributed by atoms with van der Waals surface area (Å²) in [6, 6.07) is 0. The van der Waals surface area contributed by atoms with Gasteiger partial charge in [0.2, 0.25) is 0 Å². The molecule has 0 N–H and O–H groups in total. The molecule has 1 nitrogen and oxygen atoms in total. The van der Waals surface area contributed by atoms with Gasteiger partial charge in [0.25, 0.3) is 0 Å². The van der Waals surface area contributed by atoms with Gasteiger partial charge >= 0.3 is 0 Å². The highest BCUT2D eigenvalue weighted by molar-refractivity contribution is 9.09. The van der Waals surface area contributed by atoms with Crippen LogP contribution in [0.3, 0.4) is 0 Å². The van der Waals surface area contributed by atoms with Crippen LogP contribution < -0.4 is 0 Å². The molecule has 1 rings (SSSR count). The molecule has 48 valence electrons. The van der Waals surface area contributed by atoms with Gasteiger partial charge in [-0.15, -0.1) is 11.3 Å². The lowest BCUT2D eigenvalue weighted by Gasteiger charge is -1.90. The summed E-state index contributed by atoms with van der Waals surface area (Å²) in [6.07, 6.45) is 1.79. The molecule has 0 aromatic carbocycles. The van der Waals surface area contributed by atoms with Crippen molar-refractivity contribution in [1.29, 1.82) is 0 Å². The SMILES string of the molecule is C=C(CBr)c1nccs1. The van der Waals surface area contributed by atoms with Gasteiger partial charge in [-0.25, -0.2) is 4.98 Å². The van der Waals surface area contributed by atoms with E-state index < -0.39 is 0 Å². The summed E-state index contributed by atoms with van der Waals surface area (Å²) < 4.78 is 0. The van der Waals surface area contributed by atoms with Crippen molar-refractivity contribution in [3.63, 3.8) is 0 Å². The first kappa shape index (κ1) is 6.96.